The molecule has 2 atom stereocenters. The van der Waals surface area contributed by atoms with Gasteiger partial charge in [-0.2, -0.15) is 0 Å². The SMILES string of the molecule is CCC1OCCC1C(=O)OC. The van der Waals surface area contributed by atoms with Crippen LogP contribution < -0.4 is 0 Å². The van der Waals surface area contributed by atoms with Gasteiger partial charge in [-0.3, -0.25) is 4.79 Å². The summed E-state index contributed by atoms with van der Waals surface area (Å²) >= 11 is 0. The van der Waals surface area contributed by atoms with E-state index < -0.39 is 0 Å². The second-order valence-corrected chi connectivity index (χ2v) is 2.74. The Morgan fingerprint density at radius 2 is 2.45 bits per heavy atom. The number of rotatable bonds is 2. The zero-order valence-corrected chi connectivity index (χ0v) is 7.00. The molecule has 1 rings (SSSR count). The molecule has 0 radical (unpaired) electrons. The summed E-state index contributed by atoms with van der Waals surface area (Å²) in [7, 11) is 1.42. The molecule has 64 valence electrons. The minimum Gasteiger partial charge on any atom is -0.469 e. The summed E-state index contributed by atoms with van der Waals surface area (Å²) < 4.78 is 9.98. The van der Waals surface area contributed by atoms with E-state index in [9.17, 15) is 4.79 Å². The first-order chi connectivity index (χ1) is 5.29. The predicted molar refractivity (Wildman–Crippen MR) is 40.2 cm³/mol. The summed E-state index contributed by atoms with van der Waals surface area (Å²) in [5.41, 5.74) is 0. The highest BCUT2D eigenvalue weighted by Crippen LogP contribution is 2.23. The van der Waals surface area contributed by atoms with Gasteiger partial charge in [-0.1, -0.05) is 6.92 Å². The summed E-state index contributed by atoms with van der Waals surface area (Å²) in [6.07, 6.45) is 1.78. The first-order valence-corrected chi connectivity index (χ1v) is 3.99. The van der Waals surface area contributed by atoms with Crippen LogP contribution >= 0.6 is 0 Å². The van der Waals surface area contributed by atoms with Gasteiger partial charge in [0.05, 0.1) is 19.1 Å². The lowest BCUT2D eigenvalue weighted by molar-refractivity contribution is -0.147. The molecule has 1 heterocycles. The Morgan fingerprint density at radius 3 is 3.00 bits per heavy atom. The fourth-order valence-corrected chi connectivity index (χ4v) is 1.47. The summed E-state index contributed by atoms with van der Waals surface area (Å²) in [4.78, 5) is 11.1. The number of esters is 1. The van der Waals surface area contributed by atoms with Gasteiger partial charge in [0.15, 0.2) is 0 Å². The molecule has 11 heavy (non-hydrogen) atoms. The third-order valence-electron chi connectivity index (χ3n) is 2.12. The molecule has 0 N–H and O–H groups in total. The third-order valence-corrected chi connectivity index (χ3v) is 2.12. The summed E-state index contributed by atoms with van der Waals surface area (Å²) in [6, 6.07) is 0. The fourth-order valence-electron chi connectivity index (χ4n) is 1.47. The van der Waals surface area contributed by atoms with E-state index in [2.05, 4.69) is 4.74 Å². The summed E-state index contributed by atoms with van der Waals surface area (Å²) in [5.74, 6) is -0.153. The van der Waals surface area contributed by atoms with Crippen molar-refractivity contribution in [3.05, 3.63) is 0 Å². The molecule has 0 bridgehead atoms. The van der Waals surface area contributed by atoms with E-state index in [1.165, 1.54) is 7.11 Å². The molecule has 0 aromatic rings. The van der Waals surface area contributed by atoms with Crippen LogP contribution in [0.3, 0.4) is 0 Å². The van der Waals surface area contributed by atoms with Gasteiger partial charge in [-0.15, -0.1) is 0 Å². The lowest BCUT2D eigenvalue weighted by Crippen LogP contribution is -2.24. The normalized spacial score (nSPS) is 30.4. The predicted octanol–water partition coefficient (Wildman–Crippen LogP) is 0.975. The van der Waals surface area contributed by atoms with Crippen LogP contribution in [0.5, 0.6) is 0 Å². The van der Waals surface area contributed by atoms with E-state index in [0.29, 0.717) is 6.61 Å². The van der Waals surface area contributed by atoms with Crippen LogP contribution in [0.4, 0.5) is 0 Å². The summed E-state index contributed by atoms with van der Waals surface area (Å²) in [5, 5.41) is 0. The Balaban J connectivity index is 2.49. The van der Waals surface area contributed by atoms with E-state index in [0.717, 1.165) is 12.8 Å². The molecule has 2 unspecified atom stereocenters. The second-order valence-electron chi connectivity index (χ2n) is 2.74. The second kappa shape index (κ2) is 3.72. The van der Waals surface area contributed by atoms with Gasteiger partial charge in [0.1, 0.15) is 0 Å². The Morgan fingerprint density at radius 1 is 1.73 bits per heavy atom. The van der Waals surface area contributed by atoms with Gasteiger partial charge in [0.25, 0.3) is 0 Å². The van der Waals surface area contributed by atoms with Crippen molar-refractivity contribution in [3.63, 3.8) is 0 Å². The Bertz CT molecular complexity index is 144. The quantitative estimate of drug-likeness (QED) is 0.562. The van der Waals surface area contributed by atoms with Gasteiger partial charge in [0, 0.05) is 6.61 Å². The van der Waals surface area contributed by atoms with Crippen LogP contribution in [0.2, 0.25) is 0 Å². The van der Waals surface area contributed by atoms with Gasteiger partial charge in [-0.05, 0) is 12.8 Å². The van der Waals surface area contributed by atoms with Crippen LogP contribution in [0, 0.1) is 5.92 Å². The molecule has 0 spiro atoms. The van der Waals surface area contributed by atoms with Crippen LogP contribution in [0.25, 0.3) is 0 Å². The number of hydrogen-bond donors (Lipinski definition) is 0. The van der Waals surface area contributed by atoms with Crippen molar-refractivity contribution in [2.24, 2.45) is 5.92 Å². The number of hydrogen-bond acceptors (Lipinski definition) is 3. The average Bonchev–Trinajstić information content (AvgIpc) is 2.50. The van der Waals surface area contributed by atoms with Crippen LogP contribution in [0.1, 0.15) is 19.8 Å². The first-order valence-electron chi connectivity index (χ1n) is 3.99. The lowest BCUT2D eigenvalue weighted by Gasteiger charge is -2.13. The van der Waals surface area contributed by atoms with Crippen molar-refractivity contribution in [1.29, 1.82) is 0 Å². The molecule has 0 aliphatic carbocycles. The van der Waals surface area contributed by atoms with Crippen LogP contribution in [-0.4, -0.2) is 25.8 Å². The van der Waals surface area contributed by atoms with Crippen molar-refractivity contribution in [3.8, 4) is 0 Å². The molecule has 1 fully saturated rings. The topological polar surface area (TPSA) is 35.5 Å². The van der Waals surface area contributed by atoms with Gasteiger partial charge < -0.3 is 9.47 Å². The molecule has 1 saturated heterocycles. The van der Waals surface area contributed by atoms with Gasteiger partial charge in [-0.25, -0.2) is 0 Å². The first kappa shape index (κ1) is 8.53. The standard InChI is InChI=1S/C8H14O3/c1-3-7-6(4-5-11-7)8(9)10-2/h6-7H,3-5H2,1-2H3. The molecule has 3 nitrogen and oxygen atoms in total. The Hall–Kier alpha value is -0.570. The maximum absolute atomic E-state index is 11.1. The highest BCUT2D eigenvalue weighted by Gasteiger charge is 2.33. The van der Waals surface area contributed by atoms with Crippen molar-refractivity contribution < 1.29 is 14.3 Å². The molecule has 1 aliphatic heterocycles. The molecule has 0 saturated carbocycles. The van der Waals surface area contributed by atoms with E-state index >= 15 is 0 Å². The summed E-state index contributed by atoms with van der Waals surface area (Å²) in [6.45, 7) is 2.71. The molecule has 0 aromatic carbocycles. The Labute approximate surface area is 66.7 Å². The van der Waals surface area contributed by atoms with E-state index in [4.69, 9.17) is 4.74 Å². The van der Waals surface area contributed by atoms with Crippen molar-refractivity contribution in [2.45, 2.75) is 25.9 Å². The molecule has 1 aliphatic rings. The largest absolute Gasteiger partial charge is 0.469 e. The highest BCUT2D eigenvalue weighted by atomic mass is 16.5. The number of carbonyl (C=O) groups is 1. The highest BCUT2D eigenvalue weighted by molar-refractivity contribution is 5.73. The van der Waals surface area contributed by atoms with Crippen molar-refractivity contribution in [2.75, 3.05) is 13.7 Å². The van der Waals surface area contributed by atoms with Crippen molar-refractivity contribution >= 4 is 5.97 Å². The average molecular weight is 158 g/mol. The maximum atomic E-state index is 11.1. The van der Waals surface area contributed by atoms with Crippen LogP contribution in [-0.2, 0) is 14.3 Å². The fraction of sp³-hybridized carbons (Fsp3) is 0.875. The minimum absolute atomic E-state index is 0.0231. The smallest absolute Gasteiger partial charge is 0.311 e. The zero-order valence-electron chi connectivity index (χ0n) is 7.00. The minimum atomic E-state index is -0.130. The Kier molecular flexibility index (Phi) is 2.88. The lowest BCUT2D eigenvalue weighted by atomic mass is 10.0. The number of ether oxygens (including phenoxy) is 2. The zero-order chi connectivity index (χ0) is 8.27. The van der Waals surface area contributed by atoms with Gasteiger partial charge in [0.2, 0.25) is 0 Å². The van der Waals surface area contributed by atoms with E-state index in [1.54, 1.807) is 0 Å². The number of methoxy groups -OCH3 is 1. The molecular formula is C8H14O3. The monoisotopic (exact) mass is 158 g/mol. The maximum Gasteiger partial charge on any atom is 0.311 e. The molecule has 0 amide bonds. The van der Waals surface area contributed by atoms with Gasteiger partial charge >= 0.3 is 5.97 Å². The molecular weight excluding hydrogens is 144 g/mol. The van der Waals surface area contributed by atoms with Crippen LogP contribution in [0.15, 0.2) is 0 Å². The van der Waals surface area contributed by atoms with E-state index in [-0.39, 0.29) is 18.0 Å². The third kappa shape index (κ3) is 1.71. The number of carbonyl (C=O) groups excluding carboxylic acids is 1. The molecule has 3 heteroatoms. The van der Waals surface area contributed by atoms with Crippen molar-refractivity contribution in [1.82, 2.24) is 0 Å². The molecule has 0 aromatic heterocycles. The van der Waals surface area contributed by atoms with E-state index in [1.807, 2.05) is 6.92 Å².